The van der Waals surface area contributed by atoms with Crippen LogP contribution in [0.1, 0.15) is 10.4 Å². The standard InChI is InChI=1S/C16H16F2N2O3S/c1-20(2)12-7-5-6-11(10-12)15(21)19-13-8-3-4-9-14(13)24(22,23)16(17)18/h3-10,16H,1-2H3,(H,19,21). The second kappa shape index (κ2) is 6.96. The Hall–Kier alpha value is -2.48. The molecule has 8 heteroatoms. The SMILES string of the molecule is CN(C)c1cccc(C(=O)Nc2ccccc2S(=O)(=O)C(F)F)c1. The lowest BCUT2D eigenvalue weighted by atomic mass is 10.1. The van der Waals surface area contributed by atoms with Gasteiger partial charge in [0.25, 0.3) is 5.91 Å². The van der Waals surface area contributed by atoms with Crippen molar-refractivity contribution in [3.8, 4) is 0 Å². The molecule has 0 heterocycles. The predicted octanol–water partition coefficient (Wildman–Crippen LogP) is 3.00. The van der Waals surface area contributed by atoms with Gasteiger partial charge < -0.3 is 10.2 Å². The van der Waals surface area contributed by atoms with E-state index in [9.17, 15) is 22.0 Å². The van der Waals surface area contributed by atoms with Crippen LogP contribution in [0.5, 0.6) is 0 Å². The van der Waals surface area contributed by atoms with E-state index >= 15 is 0 Å². The molecule has 0 bridgehead atoms. The molecule has 0 saturated heterocycles. The number of nitrogens with one attached hydrogen (secondary N) is 1. The summed E-state index contributed by atoms with van der Waals surface area (Å²) in [7, 11) is -1.20. The molecule has 2 aromatic rings. The van der Waals surface area contributed by atoms with Crippen molar-refractivity contribution < 1.29 is 22.0 Å². The van der Waals surface area contributed by atoms with Gasteiger partial charge in [0.05, 0.1) is 10.6 Å². The minimum Gasteiger partial charge on any atom is -0.378 e. The summed E-state index contributed by atoms with van der Waals surface area (Å²) in [5, 5.41) is 2.38. The molecule has 1 N–H and O–H groups in total. The van der Waals surface area contributed by atoms with Crippen LogP contribution in [0, 0.1) is 0 Å². The zero-order valence-electron chi connectivity index (χ0n) is 13.0. The maximum Gasteiger partial charge on any atom is 0.341 e. The number of hydrogen-bond acceptors (Lipinski definition) is 4. The van der Waals surface area contributed by atoms with Gasteiger partial charge in [0.2, 0.25) is 9.84 Å². The van der Waals surface area contributed by atoms with Crippen molar-refractivity contribution in [1.82, 2.24) is 0 Å². The average Bonchev–Trinajstić information content (AvgIpc) is 2.55. The topological polar surface area (TPSA) is 66.5 Å². The third-order valence-corrected chi connectivity index (χ3v) is 4.74. The molecule has 2 aromatic carbocycles. The van der Waals surface area contributed by atoms with E-state index in [1.807, 2.05) is 14.1 Å². The monoisotopic (exact) mass is 354 g/mol. The van der Waals surface area contributed by atoms with Gasteiger partial charge in [-0.1, -0.05) is 18.2 Å². The Morgan fingerprint density at radius 2 is 1.75 bits per heavy atom. The molecule has 0 saturated carbocycles. The second-order valence-electron chi connectivity index (χ2n) is 5.20. The van der Waals surface area contributed by atoms with E-state index in [4.69, 9.17) is 0 Å². The first-order valence-electron chi connectivity index (χ1n) is 6.93. The number of para-hydroxylation sites is 1. The van der Waals surface area contributed by atoms with Crippen LogP contribution in [0.2, 0.25) is 0 Å². The Morgan fingerprint density at radius 3 is 2.38 bits per heavy atom. The quantitative estimate of drug-likeness (QED) is 0.896. The first-order valence-corrected chi connectivity index (χ1v) is 8.48. The van der Waals surface area contributed by atoms with E-state index in [1.54, 1.807) is 29.2 Å². The molecule has 24 heavy (non-hydrogen) atoms. The fourth-order valence-electron chi connectivity index (χ4n) is 2.03. The highest BCUT2D eigenvalue weighted by Crippen LogP contribution is 2.26. The molecule has 0 spiro atoms. The van der Waals surface area contributed by atoms with Crippen molar-refractivity contribution in [2.24, 2.45) is 0 Å². The van der Waals surface area contributed by atoms with E-state index in [0.29, 0.717) is 0 Å². The molecule has 2 rings (SSSR count). The van der Waals surface area contributed by atoms with Crippen LogP contribution >= 0.6 is 0 Å². The number of carbonyl (C=O) groups excluding carboxylic acids is 1. The molecule has 0 atom stereocenters. The van der Waals surface area contributed by atoms with Gasteiger partial charge in [0.1, 0.15) is 0 Å². The van der Waals surface area contributed by atoms with Gasteiger partial charge in [-0.25, -0.2) is 8.42 Å². The van der Waals surface area contributed by atoms with E-state index in [2.05, 4.69) is 5.32 Å². The van der Waals surface area contributed by atoms with Crippen LogP contribution in [0.25, 0.3) is 0 Å². The van der Waals surface area contributed by atoms with E-state index in [0.717, 1.165) is 11.8 Å². The van der Waals surface area contributed by atoms with Crippen LogP contribution < -0.4 is 10.2 Å². The van der Waals surface area contributed by atoms with E-state index in [-0.39, 0.29) is 11.3 Å². The maximum atomic E-state index is 12.8. The Labute approximate surface area is 138 Å². The van der Waals surface area contributed by atoms with Gasteiger partial charge in [-0.15, -0.1) is 0 Å². The van der Waals surface area contributed by atoms with Gasteiger partial charge in [-0.05, 0) is 30.3 Å². The van der Waals surface area contributed by atoms with Crippen LogP contribution in [0.15, 0.2) is 53.4 Å². The average molecular weight is 354 g/mol. The zero-order chi connectivity index (χ0) is 17.9. The van der Waals surface area contributed by atoms with Gasteiger partial charge >= 0.3 is 5.76 Å². The summed E-state index contributed by atoms with van der Waals surface area (Å²) in [4.78, 5) is 13.5. The predicted molar refractivity (Wildman–Crippen MR) is 88.4 cm³/mol. The summed E-state index contributed by atoms with van der Waals surface area (Å²) in [6, 6.07) is 11.7. The molecule has 0 fully saturated rings. The van der Waals surface area contributed by atoms with E-state index < -0.39 is 26.4 Å². The fourth-order valence-corrected chi connectivity index (χ4v) is 2.92. The van der Waals surface area contributed by atoms with Gasteiger partial charge in [0, 0.05) is 25.3 Å². The Bertz CT molecular complexity index is 852. The fraction of sp³-hybridized carbons (Fsp3) is 0.188. The van der Waals surface area contributed by atoms with Crippen molar-refractivity contribution >= 4 is 27.1 Å². The number of amides is 1. The van der Waals surface area contributed by atoms with Crippen molar-refractivity contribution in [2.45, 2.75) is 10.7 Å². The Morgan fingerprint density at radius 1 is 1.08 bits per heavy atom. The highest BCUT2D eigenvalue weighted by Gasteiger charge is 2.29. The smallest absolute Gasteiger partial charge is 0.341 e. The first-order chi connectivity index (χ1) is 11.2. The molecule has 0 aromatic heterocycles. The van der Waals surface area contributed by atoms with Crippen molar-refractivity contribution in [1.29, 1.82) is 0 Å². The highest BCUT2D eigenvalue weighted by molar-refractivity contribution is 7.91. The summed E-state index contributed by atoms with van der Waals surface area (Å²) in [5.41, 5.74) is 0.875. The van der Waals surface area contributed by atoms with E-state index in [1.165, 1.54) is 18.2 Å². The van der Waals surface area contributed by atoms with Crippen LogP contribution in [0.4, 0.5) is 20.2 Å². The molecule has 128 valence electrons. The first kappa shape index (κ1) is 17.9. The molecular weight excluding hydrogens is 338 g/mol. The number of benzene rings is 2. The maximum absolute atomic E-state index is 12.8. The number of sulfone groups is 1. The lowest BCUT2D eigenvalue weighted by Gasteiger charge is -2.14. The van der Waals surface area contributed by atoms with Crippen LogP contribution in [-0.4, -0.2) is 34.2 Å². The highest BCUT2D eigenvalue weighted by atomic mass is 32.2. The molecule has 0 aliphatic rings. The summed E-state index contributed by atoms with van der Waals surface area (Å²) >= 11 is 0. The van der Waals surface area contributed by atoms with Crippen molar-refractivity contribution in [3.63, 3.8) is 0 Å². The van der Waals surface area contributed by atoms with Gasteiger partial charge in [0.15, 0.2) is 0 Å². The zero-order valence-corrected chi connectivity index (χ0v) is 13.8. The Kier molecular flexibility index (Phi) is 5.18. The number of carbonyl (C=O) groups is 1. The third kappa shape index (κ3) is 3.70. The molecule has 0 aliphatic carbocycles. The lowest BCUT2D eigenvalue weighted by Crippen LogP contribution is -2.18. The number of nitrogens with zero attached hydrogens (tertiary/aromatic N) is 1. The van der Waals surface area contributed by atoms with Gasteiger partial charge in [-0.3, -0.25) is 4.79 Å². The van der Waals surface area contributed by atoms with Crippen LogP contribution in [0.3, 0.4) is 0 Å². The van der Waals surface area contributed by atoms with Crippen LogP contribution in [-0.2, 0) is 9.84 Å². The molecule has 0 radical (unpaired) electrons. The number of halogens is 2. The summed E-state index contributed by atoms with van der Waals surface area (Å²) in [6.45, 7) is 0. The number of rotatable bonds is 5. The summed E-state index contributed by atoms with van der Waals surface area (Å²) in [5.74, 6) is -4.15. The number of anilines is 2. The summed E-state index contributed by atoms with van der Waals surface area (Å²) < 4.78 is 49.0. The largest absolute Gasteiger partial charge is 0.378 e. The molecule has 1 amide bonds. The third-order valence-electron chi connectivity index (χ3n) is 3.30. The molecule has 5 nitrogen and oxygen atoms in total. The Balaban J connectivity index is 2.36. The normalized spacial score (nSPS) is 11.4. The minimum atomic E-state index is -4.81. The van der Waals surface area contributed by atoms with Gasteiger partial charge in [-0.2, -0.15) is 8.78 Å². The number of alkyl halides is 2. The lowest BCUT2D eigenvalue weighted by molar-refractivity contribution is 0.102. The molecule has 0 unspecified atom stereocenters. The molecule has 0 aliphatic heterocycles. The number of hydrogen-bond donors (Lipinski definition) is 1. The second-order valence-corrected chi connectivity index (χ2v) is 7.09. The summed E-state index contributed by atoms with van der Waals surface area (Å²) in [6.07, 6.45) is 0. The minimum absolute atomic E-state index is 0.182. The van der Waals surface area contributed by atoms with Crippen molar-refractivity contribution in [3.05, 3.63) is 54.1 Å². The van der Waals surface area contributed by atoms with Crippen molar-refractivity contribution in [2.75, 3.05) is 24.3 Å². The molecular formula is C16H16F2N2O3S.